The van der Waals surface area contributed by atoms with Crippen LogP contribution in [0, 0.1) is 0 Å². The van der Waals surface area contributed by atoms with Crippen molar-refractivity contribution in [2.24, 2.45) is 0 Å². The summed E-state index contributed by atoms with van der Waals surface area (Å²) in [6.45, 7) is 0. The number of thioether (sulfide) groups is 1. The van der Waals surface area contributed by atoms with E-state index in [1.54, 1.807) is 0 Å². The molecule has 1 aliphatic rings. The van der Waals surface area contributed by atoms with Crippen molar-refractivity contribution in [1.82, 2.24) is 25.1 Å². The molecule has 1 fully saturated rings. The van der Waals surface area contributed by atoms with Crippen LogP contribution in [0.2, 0.25) is 0 Å². The number of hydrogen-bond acceptors (Lipinski definition) is 6. The Kier molecular flexibility index (Phi) is 5.48. The molecule has 8 nitrogen and oxygen atoms in total. The van der Waals surface area contributed by atoms with Crippen LogP contribution in [0.25, 0.3) is 28.1 Å². The normalized spacial score (nSPS) is 17.6. The molecule has 5 rings (SSSR count). The highest BCUT2D eigenvalue weighted by Crippen LogP contribution is 2.29. The molecule has 1 aliphatic heterocycles. The maximum Gasteiger partial charge on any atom is 0.230 e. The third-order valence-electron chi connectivity index (χ3n) is 5.35. The molecule has 1 saturated heterocycles. The van der Waals surface area contributed by atoms with E-state index in [-0.39, 0.29) is 29.2 Å². The summed E-state index contributed by atoms with van der Waals surface area (Å²) in [4.78, 5) is 15.8. The molecule has 1 atom stereocenters. The van der Waals surface area contributed by atoms with Gasteiger partial charge in [-0.2, -0.15) is 0 Å². The van der Waals surface area contributed by atoms with Crippen molar-refractivity contribution in [3.05, 3.63) is 60.7 Å². The smallest absolute Gasteiger partial charge is 0.230 e. The number of carbonyl (C=O) groups excluding carboxylic acids is 1. The number of fused-ring (bicyclic) bond motifs is 1. The van der Waals surface area contributed by atoms with Crippen LogP contribution in [0.5, 0.6) is 0 Å². The Morgan fingerprint density at radius 2 is 1.91 bits per heavy atom. The molecule has 1 unspecified atom stereocenters. The van der Waals surface area contributed by atoms with E-state index >= 15 is 0 Å². The van der Waals surface area contributed by atoms with Gasteiger partial charge in [-0.05, 0) is 30.7 Å². The van der Waals surface area contributed by atoms with Gasteiger partial charge in [-0.3, -0.25) is 9.36 Å². The predicted molar refractivity (Wildman–Crippen MR) is 125 cm³/mol. The number of H-pyrrole nitrogens is 1. The lowest BCUT2D eigenvalue weighted by Gasteiger charge is -2.11. The van der Waals surface area contributed by atoms with Gasteiger partial charge in [0.1, 0.15) is 0 Å². The van der Waals surface area contributed by atoms with Gasteiger partial charge in [0.15, 0.2) is 20.8 Å². The van der Waals surface area contributed by atoms with E-state index in [1.165, 1.54) is 11.8 Å². The molecule has 0 saturated carbocycles. The van der Waals surface area contributed by atoms with Crippen molar-refractivity contribution in [1.29, 1.82) is 0 Å². The lowest BCUT2D eigenvalue weighted by Crippen LogP contribution is -2.36. The number of benzene rings is 2. The number of rotatable bonds is 6. The number of nitrogens with one attached hydrogen (secondary N) is 2. The molecule has 164 valence electrons. The van der Waals surface area contributed by atoms with Gasteiger partial charge in [-0.15, -0.1) is 10.2 Å². The summed E-state index contributed by atoms with van der Waals surface area (Å²) in [6.07, 6.45) is 0.462. The van der Waals surface area contributed by atoms with Crippen LogP contribution in [-0.2, 0) is 14.6 Å². The number of aromatic nitrogens is 4. The Labute approximate surface area is 189 Å². The Morgan fingerprint density at radius 3 is 2.66 bits per heavy atom. The molecule has 2 aromatic heterocycles. The zero-order valence-corrected chi connectivity index (χ0v) is 18.7. The lowest BCUT2D eigenvalue weighted by molar-refractivity contribution is -0.119. The number of aromatic amines is 1. The summed E-state index contributed by atoms with van der Waals surface area (Å²) < 4.78 is 25.2. The maximum absolute atomic E-state index is 12.4. The van der Waals surface area contributed by atoms with Crippen LogP contribution in [-0.4, -0.2) is 57.4 Å². The number of hydrogen-bond donors (Lipinski definition) is 2. The summed E-state index contributed by atoms with van der Waals surface area (Å²) in [5.74, 6) is 0.688. The van der Waals surface area contributed by atoms with Crippen LogP contribution < -0.4 is 5.32 Å². The molecule has 0 aliphatic carbocycles. The summed E-state index contributed by atoms with van der Waals surface area (Å²) in [5.41, 5.74) is 2.72. The van der Waals surface area contributed by atoms with Gasteiger partial charge in [0.05, 0.1) is 23.0 Å². The molecule has 0 spiro atoms. The summed E-state index contributed by atoms with van der Waals surface area (Å²) >= 11 is 1.27. The largest absolute Gasteiger partial charge is 0.352 e. The minimum Gasteiger partial charge on any atom is -0.352 e. The fourth-order valence-electron chi connectivity index (χ4n) is 3.85. The standard InChI is InChI=1S/C22H21N5O3S2/c28-20(23-16-10-11-32(29,30)14-16)13-31-22-26-25-21(27(22)17-7-2-1-3-8-17)19-12-15-6-4-5-9-18(15)24-19/h1-9,12,16,24H,10-11,13-14H2,(H,23,28). The first-order valence-electron chi connectivity index (χ1n) is 10.2. The monoisotopic (exact) mass is 467 g/mol. The first-order chi connectivity index (χ1) is 15.5. The molecule has 3 heterocycles. The number of sulfone groups is 1. The van der Waals surface area contributed by atoms with E-state index in [9.17, 15) is 13.2 Å². The molecule has 2 N–H and O–H groups in total. The molecule has 1 amide bonds. The number of nitrogens with zero attached hydrogens (tertiary/aromatic N) is 3. The zero-order chi connectivity index (χ0) is 22.1. The number of carbonyl (C=O) groups is 1. The van der Waals surface area contributed by atoms with E-state index in [2.05, 4.69) is 20.5 Å². The third kappa shape index (κ3) is 4.28. The lowest BCUT2D eigenvalue weighted by atomic mass is 10.2. The molecule has 10 heteroatoms. The highest BCUT2D eigenvalue weighted by Gasteiger charge is 2.29. The summed E-state index contributed by atoms with van der Waals surface area (Å²) in [7, 11) is -3.04. The minimum atomic E-state index is -3.04. The van der Waals surface area contributed by atoms with Gasteiger partial charge in [0.25, 0.3) is 0 Å². The Morgan fingerprint density at radius 1 is 1.12 bits per heavy atom. The van der Waals surface area contributed by atoms with Crippen molar-refractivity contribution >= 4 is 38.4 Å². The molecule has 32 heavy (non-hydrogen) atoms. The van der Waals surface area contributed by atoms with E-state index in [1.807, 2.05) is 65.2 Å². The Balaban J connectivity index is 1.41. The predicted octanol–water partition coefficient (Wildman–Crippen LogP) is 2.81. The zero-order valence-electron chi connectivity index (χ0n) is 17.1. The first kappa shape index (κ1) is 20.8. The average Bonchev–Trinajstić information content (AvgIpc) is 3.48. The van der Waals surface area contributed by atoms with Crippen LogP contribution in [0.4, 0.5) is 0 Å². The van der Waals surface area contributed by atoms with Gasteiger partial charge in [-0.25, -0.2) is 8.42 Å². The second kappa shape index (κ2) is 8.44. The second-order valence-electron chi connectivity index (χ2n) is 7.70. The third-order valence-corrected chi connectivity index (χ3v) is 8.05. The molecule has 2 aromatic carbocycles. The molecule has 4 aromatic rings. The number of amides is 1. The van der Waals surface area contributed by atoms with Crippen molar-refractivity contribution in [2.45, 2.75) is 17.6 Å². The van der Waals surface area contributed by atoms with E-state index in [0.29, 0.717) is 17.4 Å². The second-order valence-corrected chi connectivity index (χ2v) is 10.9. The van der Waals surface area contributed by atoms with E-state index < -0.39 is 9.84 Å². The minimum absolute atomic E-state index is 0.00807. The fourth-order valence-corrected chi connectivity index (χ4v) is 6.29. The Hall–Kier alpha value is -3.11. The van der Waals surface area contributed by atoms with Crippen molar-refractivity contribution in [3.63, 3.8) is 0 Å². The fraction of sp³-hybridized carbons (Fsp3) is 0.227. The SMILES string of the molecule is O=C(CSc1nnc(-c2cc3ccccc3[nH]2)n1-c1ccccc1)NC1CCS(=O)(=O)C1. The average molecular weight is 468 g/mol. The van der Waals surface area contributed by atoms with Crippen molar-refractivity contribution in [2.75, 3.05) is 17.3 Å². The summed E-state index contributed by atoms with van der Waals surface area (Å²) in [5, 5.41) is 13.2. The molecular weight excluding hydrogens is 446 g/mol. The van der Waals surface area contributed by atoms with E-state index in [0.717, 1.165) is 22.3 Å². The topological polar surface area (TPSA) is 110 Å². The number of para-hydroxylation sites is 2. The quantitative estimate of drug-likeness (QED) is 0.422. The molecular formula is C22H21N5O3S2. The van der Waals surface area contributed by atoms with Gasteiger partial charge < -0.3 is 10.3 Å². The Bertz CT molecular complexity index is 1350. The van der Waals surface area contributed by atoms with Gasteiger partial charge in [0, 0.05) is 22.6 Å². The maximum atomic E-state index is 12.4. The van der Waals surface area contributed by atoms with Gasteiger partial charge >= 0.3 is 0 Å². The molecule has 0 radical (unpaired) electrons. The van der Waals surface area contributed by atoms with Crippen LogP contribution in [0.1, 0.15) is 6.42 Å². The van der Waals surface area contributed by atoms with E-state index in [4.69, 9.17) is 0 Å². The first-order valence-corrected chi connectivity index (χ1v) is 13.0. The van der Waals surface area contributed by atoms with Crippen molar-refractivity contribution in [3.8, 4) is 17.2 Å². The van der Waals surface area contributed by atoms with Crippen LogP contribution in [0.15, 0.2) is 65.8 Å². The van der Waals surface area contributed by atoms with Gasteiger partial charge in [-0.1, -0.05) is 48.2 Å². The highest BCUT2D eigenvalue weighted by atomic mass is 32.2. The highest BCUT2D eigenvalue weighted by molar-refractivity contribution is 7.99. The van der Waals surface area contributed by atoms with Gasteiger partial charge in [0.2, 0.25) is 5.91 Å². The molecule has 0 bridgehead atoms. The van der Waals surface area contributed by atoms with Crippen LogP contribution >= 0.6 is 11.8 Å². The van der Waals surface area contributed by atoms with Crippen molar-refractivity contribution < 1.29 is 13.2 Å². The summed E-state index contributed by atoms with van der Waals surface area (Å²) in [6, 6.07) is 19.4. The van der Waals surface area contributed by atoms with Crippen LogP contribution in [0.3, 0.4) is 0 Å².